The lowest BCUT2D eigenvalue weighted by atomic mass is 9.97. The lowest BCUT2D eigenvalue weighted by molar-refractivity contribution is 0.470. The lowest BCUT2D eigenvalue weighted by Crippen LogP contribution is -2.35. The highest BCUT2D eigenvalue weighted by Crippen LogP contribution is 2.38. The number of rotatable bonds is 5. The first kappa shape index (κ1) is 15.9. The predicted molar refractivity (Wildman–Crippen MR) is 102 cm³/mol. The second-order valence-corrected chi connectivity index (χ2v) is 8.29. The van der Waals surface area contributed by atoms with E-state index in [1.165, 1.54) is 24.8 Å². The van der Waals surface area contributed by atoms with Gasteiger partial charge in [0.05, 0.1) is 0 Å². The van der Waals surface area contributed by atoms with E-state index in [4.69, 9.17) is 0 Å². The van der Waals surface area contributed by atoms with Gasteiger partial charge in [-0.05, 0) is 31.2 Å². The highest BCUT2D eigenvalue weighted by atomic mass is 32.1. The zero-order chi connectivity index (χ0) is 17.3. The van der Waals surface area contributed by atoms with E-state index in [0.29, 0.717) is 12.0 Å². The van der Waals surface area contributed by atoms with Crippen molar-refractivity contribution < 1.29 is 0 Å². The molecule has 0 radical (unpaired) electrons. The van der Waals surface area contributed by atoms with Crippen LogP contribution in [0, 0.1) is 0 Å². The van der Waals surface area contributed by atoms with Gasteiger partial charge >= 0.3 is 0 Å². The monoisotopic (exact) mass is 366 g/mol. The summed E-state index contributed by atoms with van der Waals surface area (Å²) >= 11 is 1.72. The highest BCUT2D eigenvalue weighted by Gasteiger charge is 2.32. The van der Waals surface area contributed by atoms with Crippen LogP contribution in [-0.2, 0) is 6.42 Å². The molecule has 6 nitrogen and oxygen atoms in total. The molecule has 1 aliphatic heterocycles. The minimum Gasteiger partial charge on any atom is -0.346 e. The quantitative estimate of drug-likeness (QED) is 0.692. The Balaban J connectivity index is 1.30. The zero-order valence-corrected chi connectivity index (χ0v) is 15.5. The van der Waals surface area contributed by atoms with Crippen LogP contribution in [0.2, 0.25) is 0 Å². The molecule has 7 heteroatoms. The van der Waals surface area contributed by atoms with Crippen LogP contribution in [0.3, 0.4) is 0 Å². The van der Waals surface area contributed by atoms with Crippen LogP contribution in [0.1, 0.15) is 54.0 Å². The molecule has 1 unspecified atom stereocenters. The van der Waals surface area contributed by atoms with Crippen LogP contribution >= 0.6 is 11.3 Å². The van der Waals surface area contributed by atoms with Crippen molar-refractivity contribution in [1.29, 1.82) is 0 Å². The van der Waals surface area contributed by atoms with Crippen LogP contribution in [0.5, 0.6) is 0 Å². The molecule has 0 bridgehead atoms. The van der Waals surface area contributed by atoms with E-state index in [-0.39, 0.29) is 0 Å². The summed E-state index contributed by atoms with van der Waals surface area (Å²) in [7, 11) is 0. The molecule has 26 heavy (non-hydrogen) atoms. The van der Waals surface area contributed by atoms with Gasteiger partial charge in [-0.2, -0.15) is 0 Å². The van der Waals surface area contributed by atoms with Crippen molar-refractivity contribution in [2.24, 2.45) is 0 Å². The molecule has 1 aromatic carbocycles. The topological polar surface area (TPSA) is 59.7 Å². The molecule has 134 valence electrons. The number of hydrogen-bond donors (Lipinski definition) is 0. The van der Waals surface area contributed by atoms with Gasteiger partial charge in [0.15, 0.2) is 0 Å². The Morgan fingerprint density at radius 1 is 1.04 bits per heavy atom. The van der Waals surface area contributed by atoms with Crippen LogP contribution in [0.4, 0.5) is 5.13 Å². The molecule has 0 spiro atoms. The van der Waals surface area contributed by atoms with E-state index < -0.39 is 0 Å². The zero-order valence-electron chi connectivity index (χ0n) is 14.7. The van der Waals surface area contributed by atoms with Crippen molar-refractivity contribution >= 4 is 16.5 Å². The average Bonchev–Trinajstić information content (AvgIpc) is 3.22. The number of hydrogen-bond acceptors (Lipinski definition) is 6. The Labute approximate surface area is 156 Å². The summed E-state index contributed by atoms with van der Waals surface area (Å²) in [5.74, 6) is 1.60. The van der Waals surface area contributed by atoms with Crippen molar-refractivity contribution in [3.8, 4) is 0 Å². The minimum absolute atomic E-state index is 0.438. The van der Waals surface area contributed by atoms with Crippen molar-refractivity contribution in [3.05, 3.63) is 53.1 Å². The third kappa shape index (κ3) is 3.23. The maximum atomic E-state index is 4.47. The first-order valence-corrected chi connectivity index (χ1v) is 10.2. The van der Waals surface area contributed by atoms with Crippen LogP contribution in [0.15, 0.2) is 36.7 Å². The van der Waals surface area contributed by atoms with Crippen LogP contribution in [0.25, 0.3) is 0 Å². The Morgan fingerprint density at radius 3 is 2.77 bits per heavy atom. The first-order chi connectivity index (χ1) is 12.9. The van der Waals surface area contributed by atoms with Gasteiger partial charge in [-0.3, -0.25) is 0 Å². The molecule has 2 aliphatic rings. The Bertz CT molecular complexity index is 869. The number of nitrogens with zero attached hydrogens (tertiary/aromatic N) is 6. The lowest BCUT2D eigenvalue weighted by Gasteiger charge is -2.31. The summed E-state index contributed by atoms with van der Waals surface area (Å²) in [5.41, 5.74) is 1.28. The van der Waals surface area contributed by atoms with Gasteiger partial charge in [-0.1, -0.05) is 41.7 Å². The highest BCUT2D eigenvalue weighted by molar-refractivity contribution is 7.15. The fourth-order valence-corrected chi connectivity index (χ4v) is 4.66. The third-order valence-corrected chi connectivity index (χ3v) is 6.24. The van der Waals surface area contributed by atoms with Crippen molar-refractivity contribution in [2.45, 2.75) is 44.1 Å². The van der Waals surface area contributed by atoms with Gasteiger partial charge in [-0.15, -0.1) is 20.4 Å². The number of anilines is 1. The second-order valence-electron chi connectivity index (χ2n) is 7.25. The molecule has 0 N–H and O–H groups in total. The standard InChI is InChI=1S/C19H22N6S/c1-2-5-14(6-3-1)11-17-21-23-19(26-17)24-10-4-7-15(12-24)18-22-20-13-25(18)16-8-9-16/h1-3,5-6,13,15-16H,4,7-12H2. The molecule has 1 atom stereocenters. The summed E-state index contributed by atoms with van der Waals surface area (Å²) in [6.45, 7) is 2.01. The smallest absolute Gasteiger partial charge is 0.208 e. The second kappa shape index (κ2) is 6.79. The first-order valence-electron chi connectivity index (χ1n) is 9.37. The van der Waals surface area contributed by atoms with Crippen LogP contribution in [-0.4, -0.2) is 38.1 Å². The fourth-order valence-electron chi connectivity index (χ4n) is 3.75. The van der Waals surface area contributed by atoms with Crippen LogP contribution < -0.4 is 4.90 Å². The molecule has 2 fully saturated rings. The van der Waals surface area contributed by atoms with E-state index in [0.717, 1.165) is 41.9 Å². The van der Waals surface area contributed by atoms with Gasteiger partial charge in [0.2, 0.25) is 5.13 Å². The Hall–Kier alpha value is -2.28. The number of aromatic nitrogens is 5. The Kier molecular flexibility index (Phi) is 4.16. The Morgan fingerprint density at radius 2 is 1.92 bits per heavy atom. The fraction of sp³-hybridized carbons (Fsp3) is 0.474. The normalized spacial score (nSPS) is 20.5. The van der Waals surface area contributed by atoms with Gasteiger partial charge < -0.3 is 9.47 Å². The summed E-state index contributed by atoms with van der Waals surface area (Å²) in [4.78, 5) is 2.38. The maximum Gasteiger partial charge on any atom is 0.208 e. The van der Waals surface area contributed by atoms with E-state index in [9.17, 15) is 0 Å². The van der Waals surface area contributed by atoms with E-state index in [2.05, 4.69) is 54.1 Å². The molecule has 2 aromatic heterocycles. The molecule has 3 aromatic rings. The number of piperidine rings is 1. The molecule has 5 rings (SSSR count). The van der Waals surface area contributed by atoms with Crippen molar-refractivity contribution in [2.75, 3.05) is 18.0 Å². The summed E-state index contributed by atoms with van der Waals surface area (Å²) in [6, 6.07) is 11.1. The number of benzene rings is 1. The van der Waals surface area contributed by atoms with Crippen molar-refractivity contribution in [1.82, 2.24) is 25.0 Å². The molecule has 0 amide bonds. The van der Waals surface area contributed by atoms with E-state index in [1.54, 1.807) is 11.3 Å². The van der Waals surface area contributed by atoms with Gasteiger partial charge in [0.25, 0.3) is 0 Å². The summed E-state index contributed by atoms with van der Waals surface area (Å²) in [6.07, 6.45) is 7.63. The maximum absolute atomic E-state index is 4.47. The molecule has 1 aliphatic carbocycles. The predicted octanol–water partition coefficient (Wildman–Crippen LogP) is 3.44. The molecular weight excluding hydrogens is 344 g/mol. The van der Waals surface area contributed by atoms with Gasteiger partial charge in [-0.25, -0.2) is 0 Å². The largest absolute Gasteiger partial charge is 0.346 e. The van der Waals surface area contributed by atoms with Crippen molar-refractivity contribution in [3.63, 3.8) is 0 Å². The van der Waals surface area contributed by atoms with Gasteiger partial charge in [0.1, 0.15) is 17.2 Å². The molecule has 1 saturated carbocycles. The molecule has 3 heterocycles. The minimum atomic E-state index is 0.438. The SMILES string of the molecule is c1ccc(Cc2nnc(N3CCCC(c4nncn4C4CC4)C3)s2)cc1. The summed E-state index contributed by atoms with van der Waals surface area (Å²) in [5, 5.41) is 19.6. The summed E-state index contributed by atoms with van der Waals surface area (Å²) < 4.78 is 2.30. The van der Waals surface area contributed by atoms with Gasteiger partial charge in [0, 0.05) is 31.5 Å². The van der Waals surface area contributed by atoms with E-state index >= 15 is 0 Å². The molecular formula is C19H22N6S. The third-order valence-electron chi connectivity index (χ3n) is 5.25. The van der Waals surface area contributed by atoms with E-state index in [1.807, 2.05) is 12.4 Å². The average molecular weight is 366 g/mol. The molecule has 1 saturated heterocycles.